The van der Waals surface area contributed by atoms with Gasteiger partial charge in [-0.3, -0.25) is 20.2 Å². The van der Waals surface area contributed by atoms with Crippen LogP contribution in [-0.2, 0) is 30.7 Å². The van der Waals surface area contributed by atoms with Crippen LogP contribution in [0.2, 0.25) is 0 Å². The molecule has 11 nitrogen and oxygen atoms in total. The van der Waals surface area contributed by atoms with Crippen LogP contribution >= 0.6 is 0 Å². The summed E-state index contributed by atoms with van der Waals surface area (Å²) in [4.78, 5) is 33.2. The van der Waals surface area contributed by atoms with Crippen LogP contribution in [0.4, 0.5) is 16.2 Å². The molecule has 0 aliphatic heterocycles. The number of hydrogen-bond donors (Lipinski definition) is 2. The van der Waals surface area contributed by atoms with Crippen LogP contribution in [0.15, 0.2) is 17.0 Å². The Kier molecular flexibility index (Phi) is 6.87. The van der Waals surface area contributed by atoms with Gasteiger partial charge in [0.1, 0.15) is 5.60 Å². The van der Waals surface area contributed by atoms with Gasteiger partial charge in [-0.05, 0) is 39.3 Å². The van der Waals surface area contributed by atoms with Crippen LogP contribution in [-0.4, -0.2) is 38.1 Å². The highest BCUT2D eigenvalue weighted by molar-refractivity contribution is 7.89. The second-order valence-electron chi connectivity index (χ2n) is 6.44. The second-order valence-corrected chi connectivity index (χ2v) is 7.97. The van der Waals surface area contributed by atoms with Crippen molar-refractivity contribution in [2.45, 2.75) is 44.1 Å². The molecule has 0 saturated heterocycles. The topological polar surface area (TPSA) is 168 Å². The number of hydrogen-bond acceptors (Lipinski definition) is 8. The van der Waals surface area contributed by atoms with E-state index in [0.717, 1.165) is 19.2 Å². The van der Waals surface area contributed by atoms with E-state index in [9.17, 15) is 28.1 Å². The monoisotopic (exact) mass is 403 g/mol. The van der Waals surface area contributed by atoms with E-state index in [1.807, 2.05) is 0 Å². The Bertz CT molecular complexity index is 859. The van der Waals surface area contributed by atoms with Gasteiger partial charge in [-0.25, -0.2) is 18.4 Å². The minimum absolute atomic E-state index is 0.0766. The number of nitrogens with two attached hydrogens (primary N) is 1. The molecule has 0 unspecified atom stereocenters. The van der Waals surface area contributed by atoms with E-state index >= 15 is 0 Å². The molecule has 0 saturated carbocycles. The molecule has 150 valence electrons. The van der Waals surface area contributed by atoms with Gasteiger partial charge in [0.25, 0.3) is 5.69 Å². The van der Waals surface area contributed by atoms with Crippen molar-refractivity contribution < 1.29 is 32.4 Å². The van der Waals surface area contributed by atoms with Crippen LogP contribution in [0, 0.1) is 10.1 Å². The molecule has 0 aromatic heterocycles. The number of rotatable bonds is 6. The minimum Gasteiger partial charge on any atom is -0.469 e. The molecular weight excluding hydrogens is 382 g/mol. The molecule has 0 bridgehead atoms. The summed E-state index contributed by atoms with van der Waals surface area (Å²) in [7, 11) is -3.28. The third-order valence-electron chi connectivity index (χ3n) is 3.18. The summed E-state index contributed by atoms with van der Waals surface area (Å²) >= 11 is 0. The fraction of sp³-hybridized carbons (Fsp3) is 0.467. The molecule has 1 amide bonds. The average molecular weight is 403 g/mol. The molecule has 0 spiro atoms. The smallest absolute Gasteiger partial charge is 0.412 e. The number of benzene rings is 1. The number of nitrogens with zero attached hydrogens (tertiary/aromatic N) is 1. The fourth-order valence-electron chi connectivity index (χ4n) is 2.16. The minimum atomic E-state index is -4.42. The van der Waals surface area contributed by atoms with Gasteiger partial charge in [-0.2, -0.15) is 0 Å². The standard InChI is InChI=1S/C15H21N3O8S/c1-15(2,3)26-14(20)17-10-6-7-11(27(16,23)24)13(18(21)22)9(10)5-8-12(19)25-4/h6-7H,5,8H2,1-4H3,(H,17,20)(H2,16,23,24). The zero-order valence-electron chi connectivity index (χ0n) is 15.3. The summed E-state index contributed by atoms with van der Waals surface area (Å²) in [6, 6.07) is 2.05. The highest BCUT2D eigenvalue weighted by atomic mass is 32.2. The molecule has 0 atom stereocenters. The van der Waals surface area contributed by atoms with Gasteiger partial charge in [0.05, 0.1) is 23.3 Å². The van der Waals surface area contributed by atoms with Crippen molar-refractivity contribution in [1.82, 2.24) is 0 Å². The fourth-order valence-corrected chi connectivity index (χ4v) is 2.88. The van der Waals surface area contributed by atoms with E-state index < -0.39 is 43.2 Å². The lowest BCUT2D eigenvalue weighted by Gasteiger charge is -2.20. The van der Waals surface area contributed by atoms with Gasteiger partial charge >= 0.3 is 12.1 Å². The Morgan fingerprint density at radius 1 is 1.30 bits per heavy atom. The number of carbonyl (C=O) groups excluding carboxylic acids is 2. The molecule has 1 aromatic rings. The maximum Gasteiger partial charge on any atom is 0.412 e. The summed E-state index contributed by atoms with van der Waals surface area (Å²) in [5.41, 5.74) is -1.92. The molecule has 3 N–H and O–H groups in total. The van der Waals surface area contributed by atoms with Crippen molar-refractivity contribution in [3.8, 4) is 0 Å². The number of anilines is 1. The molecule has 0 radical (unpaired) electrons. The number of sulfonamides is 1. The zero-order valence-corrected chi connectivity index (χ0v) is 16.1. The lowest BCUT2D eigenvalue weighted by molar-refractivity contribution is -0.388. The Hall–Kier alpha value is -2.73. The van der Waals surface area contributed by atoms with Crippen LogP contribution in [0.25, 0.3) is 0 Å². The predicted molar refractivity (Wildman–Crippen MR) is 94.7 cm³/mol. The molecule has 0 heterocycles. The van der Waals surface area contributed by atoms with Gasteiger partial charge in [0.2, 0.25) is 10.0 Å². The number of primary sulfonamides is 1. The van der Waals surface area contributed by atoms with Crippen molar-refractivity contribution >= 4 is 33.5 Å². The van der Waals surface area contributed by atoms with Crippen LogP contribution in [0.1, 0.15) is 32.8 Å². The zero-order chi connectivity index (χ0) is 21.0. The predicted octanol–water partition coefficient (Wildman–Crippen LogP) is 1.69. The van der Waals surface area contributed by atoms with E-state index in [1.165, 1.54) is 0 Å². The molecule has 1 rings (SSSR count). The van der Waals surface area contributed by atoms with Crippen molar-refractivity contribution in [1.29, 1.82) is 0 Å². The van der Waals surface area contributed by atoms with E-state index in [-0.39, 0.29) is 24.1 Å². The molecule has 12 heteroatoms. The Morgan fingerprint density at radius 2 is 1.89 bits per heavy atom. The first-order valence-electron chi connectivity index (χ1n) is 7.66. The number of carbonyl (C=O) groups is 2. The number of amides is 1. The maximum absolute atomic E-state index is 12.0. The van der Waals surface area contributed by atoms with E-state index in [0.29, 0.717) is 0 Å². The SMILES string of the molecule is COC(=O)CCc1c(NC(=O)OC(C)(C)C)ccc(S(N)(=O)=O)c1[N+](=O)[O-]. The lowest BCUT2D eigenvalue weighted by atomic mass is 10.0. The Balaban J connectivity index is 3.48. The number of ether oxygens (including phenoxy) is 2. The maximum atomic E-state index is 12.0. The number of esters is 1. The number of methoxy groups -OCH3 is 1. The van der Waals surface area contributed by atoms with Crippen LogP contribution in [0.3, 0.4) is 0 Å². The average Bonchev–Trinajstić information content (AvgIpc) is 2.49. The van der Waals surface area contributed by atoms with E-state index in [2.05, 4.69) is 10.1 Å². The molecule has 1 aromatic carbocycles. The van der Waals surface area contributed by atoms with E-state index in [1.54, 1.807) is 20.8 Å². The molecule has 27 heavy (non-hydrogen) atoms. The number of nitro groups is 1. The first kappa shape index (κ1) is 22.3. The van der Waals surface area contributed by atoms with Crippen molar-refractivity contribution in [2.75, 3.05) is 12.4 Å². The number of nitrogens with one attached hydrogen (secondary N) is 1. The Labute approximate surface area is 156 Å². The van der Waals surface area contributed by atoms with Gasteiger partial charge in [0.15, 0.2) is 4.90 Å². The summed E-state index contributed by atoms with van der Waals surface area (Å²) in [5, 5.41) is 18.9. The third-order valence-corrected chi connectivity index (χ3v) is 4.12. The highest BCUT2D eigenvalue weighted by Crippen LogP contribution is 2.34. The summed E-state index contributed by atoms with van der Waals surface area (Å²) in [6.45, 7) is 4.87. The summed E-state index contributed by atoms with van der Waals surface area (Å²) < 4.78 is 33.0. The first-order chi connectivity index (χ1) is 12.3. The second kappa shape index (κ2) is 8.31. The van der Waals surface area contributed by atoms with Gasteiger partial charge < -0.3 is 9.47 Å². The van der Waals surface area contributed by atoms with Gasteiger partial charge in [-0.15, -0.1) is 0 Å². The molecular formula is C15H21N3O8S. The van der Waals surface area contributed by atoms with Crippen LogP contribution < -0.4 is 10.5 Å². The first-order valence-corrected chi connectivity index (χ1v) is 9.20. The van der Waals surface area contributed by atoms with E-state index in [4.69, 9.17) is 9.88 Å². The third kappa shape index (κ3) is 6.49. The van der Waals surface area contributed by atoms with Gasteiger partial charge in [0, 0.05) is 6.42 Å². The largest absolute Gasteiger partial charge is 0.469 e. The van der Waals surface area contributed by atoms with Crippen molar-refractivity contribution in [2.24, 2.45) is 5.14 Å². The molecule has 0 fully saturated rings. The highest BCUT2D eigenvalue weighted by Gasteiger charge is 2.30. The Morgan fingerprint density at radius 3 is 2.33 bits per heavy atom. The lowest BCUT2D eigenvalue weighted by Crippen LogP contribution is -2.27. The number of nitro benzene ring substituents is 1. The van der Waals surface area contributed by atoms with Gasteiger partial charge in [-0.1, -0.05) is 0 Å². The van der Waals surface area contributed by atoms with Crippen molar-refractivity contribution in [3.63, 3.8) is 0 Å². The van der Waals surface area contributed by atoms with Crippen LogP contribution in [0.5, 0.6) is 0 Å². The summed E-state index contributed by atoms with van der Waals surface area (Å²) in [6.07, 6.45) is -1.45. The summed E-state index contributed by atoms with van der Waals surface area (Å²) in [5.74, 6) is -0.673. The molecule has 0 aliphatic rings. The molecule has 0 aliphatic carbocycles. The normalized spacial score (nSPS) is 11.6. The van der Waals surface area contributed by atoms with Crippen molar-refractivity contribution in [3.05, 3.63) is 27.8 Å². The quantitative estimate of drug-likeness (QED) is 0.411.